The summed E-state index contributed by atoms with van der Waals surface area (Å²) in [5, 5.41) is 4.60. The number of carbonyl (C=O) groups is 1. The van der Waals surface area contributed by atoms with Gasteiger partial charge >= 0.3 is 0 Å². The van der Waals surface area contributed by atoms with E-state index in [1.165, 1.54) is 0 Å². The van der Waals surface area contributed by atoms with Crippen molar-refractivity contribution in [3.63, 3.8) is 0 Å². The Labute approximate surface area is 190 Å². The average molecular weight is 461 g/mol. The highest BCUT2D eigenvalue weighted by atomic mass is 35.5. The van der Waals surface area contributed by atoms with E-state index in [0.717, 1.165) is 35.5 Å². The van der Waals surface area contributed by atoms with Crippen molar-refractivity contribution in [3.05, 3.63) is 62.4 Å². The van der Waals surface area contributed by atoms with Crippen LogP contribution in [0.2, 0.25) is 15.1 Å². The van der Waals surface area contributed by atoms with E-state index >= 15 is 0 Å². The third-order valence-corrected chi connectivity index (χ3v) is 8.04. The predicted molar refractivity (Wildman–Crippen MR) is 122 cm³/mol. The Balaban J connectivity index is 1.68. The van der Waals surface area contributed by atoms with E-state index in [4.69, 9.17) is 44.8 Å². The molecule has 1 N–H and O–H groups in total. The van der Waals surface area contributed by atoms with Gasteiger partial charge in [-0.05, 0) is 55.0 Å². The number of benzene rings is 2. The molecule has 1 amide bonds. The molecule has 2 unspecified atom stereocenters. The Morgan fingerprint density at radius 3 is 2.43 bits per heavy atom. The number of halogens is 3. The first-order valence-corrected chi connectivity index (χ1v) is 11.0. The van der Waals surface area contributed by atoms with Gasteiger partial charge in [-0.1, -0.05) is 54.7 Å². The molecule has 0 saturated heterocycles. The molecule has 1 saturated carbocycles. The standard InChI is InChI=1S/C23H20Cl3N3O/c1-11-4-5-12(24)8-16(11)29-21(30)23-7-6-13(22(23,2)3)19-20(23)28-18-10-15(26)14(25)9-17(18)27-19/h4-5,8-10,13H,6-7H2,1-3H3,(H,29,30). The summed E-state index contributed by atoms with van der Waals surface area (Å²) in [6.07, 6.45) is 1.62. The zero-order chi connectivity index (χ0) is 21.4. The number of hydrogen-bond acceptors (Lipinski definition) is 3. The number of nitrogens with one attached hydrogen (secondary N) is 1. The lowest BCUT2D eigenvalue weighted by molar-refractivity contribution is -0.124. The molecule has 2 aliphatic rings. The lowest BCUT2D eigenvalue weighted by atomic mass is 9.67. The first-order valence-electron chi connectivity index (χ1n) is 9.90. The number of carbonyl (C=O) groups excluding carboxylic acids is 1. The quantitative estimate of drug-likeness (QED) is 0.463. The fraction of sp³-hybridized carbons (Fsp3) is 0.348. The van der Waals surface area contributed by atoms with E-state index in [0.29, 0.717) is 26.1 Å². The molecule has 0 spiro atoms. The van der Waals surface area contributed by atoms with Crippen molar-refractivity contribution >= 4 is 57.4 Å². The smallest absolute Gasteiger partial charge is 0.237 e. The Morgan fingerprint density at radius 1 is 1.07 bits per heavy atom. The molecule has 2 aliphatic carbocycles. The molecular formula is C23H20Cl3N3O. The molecule has 1 heterocycles. The van der Waals surface area contributed by atoms with Crippen LogP contribution in [-0.2, 0) is 10.2 Å². The van der Waals surface area contributed by atoms with Crippen molar-refractivity contribution < 1.29 is 4.79 Å². The van der Waals surface area contributed by atoms with Gasteiger partial charge < -0.3 is 5.32 Å². The van der Waals surface area contributed by atoms with Crippen molar-refractivity contribution in [1.82, 2.24) is 9.97 Å². The first-order chi connectivity index (χ1) is 14.1. The molecule has 0 aliphatic heterocycles. The van der Waals surface area contributed by atoms with Crippen LogP contribution < -0.4 is 5.32 Å². The Bertz CT molecular complexity index is 1240. The third kappa shape index (κ3) is 2.57. The molecule has 2 bridgehead atoms. The molecule has 2 atom stereocenters. The second kappa shape index (κ2) is 6.56. The van der Waals surface area contributed by atoms with Crippen molar-refractivity contribution in [2.24, 2.45) is 5.41 Å². The summed E-state index contributed by atoms with van der Waals surface area (Å²) in [4.78, 5) is 23.6. The molecule has 2 aromatic carbocycles. The van der Waals surface area contributed by atoms with Gasteiger partial charge in [0.15, 0.2) is 0 Å². The van der Waals surface area contributed by atoms with Gasteiger partial charge in [0.05, 0.1) is 37.9 Å². The number of amides is 1. The van der Waals surface area contributed by atoms with Crippen LogP contribution >= 0.6 is 34.8 Å². The summed E-state index contributed by atoms with van der Waals surface area (Å²) in [7, 11) is 0. The Kier molecular flexibility index (Phi) is 4.38. The van der Waals surface area contributed by atoms with Gasteiger partial charge in [-0.25, -0.2) is 9.97 Å². The molecule has 5 rings (SSSR count). The number of anilines is 1. The van der Waals surface area contributed by atoms with Gasteiger partial charge in [-0.2, -0.15) is 0 Å². The van der Waals surface area contributed by atoms with E-state index in [9.17, 15) is 4.79 Å². The lowest BCUT2D eigenvalue weighted by Gasteiger charge is -2.36. The van der Waals surface area contributed by atoms with Gasteiger partial charge in [-0.3, -0.25) is 4.79 Å². The zero-order valence-electron chi connectivity index (χ0n) is 16.8. The molecule has 0 radical (unpaired) electrons. The lowest BCUT2D eigenvalue weighted by Crippen LogP contribution is -2.46. The van der Waals surface area contributed by atoms with Gasteiger partial charge in [-0.15, -0.1) is 0 Å². The third-order valence-electron chi connectivity index (χ3n) is 7.08. The summed E-state index contributed by atoms with van der Waals surface area (Å²) in [6.45, 7) is 6.24. The van der Waals surface area contributed by atoms with Crippen LogP contribution in [0, 0.1) is 12.3 Å². The zero-order valence-corrected chi connectivity index (χ0v) is 19.1. The second-order valence-electron chi connectivity index (χ2n) is 8.84. The van der Waals surface area contributed by atoms with Gasteiger partial charge in [0.1, 0.15) is 0 Å². The van der Waals surface area contributed by atoms with E-state index in [-0.39, 0.29) is 17.2 Å². The highest BCUT2D eigenvalue weighted by molar-refractivity contribution is 6.42. The fourth-order valence-electron chi connectivity index (χ4n) is 5.34. The molecule has 1 aromatic heterocycles. The monoisotopic (exact) mass is 459 g/mol. The number of aromatic nitrogens is 2. The van der Waals surface area contributed by atoms with E-state index in [2.05, 4.69) is 19.2 Å². The topological polar surface area (TPSA) is 54.9 Å². The van der Waals surface area contributed by atoms with Crippen LogP contribution in [0.15, 0.2) is 30.3 Å². The van der Waals surface area contributed by atoms with Crippen LogP contribution in [0.25, 0.3) is 11.0 Å². The maximum atomic E-state index is 13.8. The molecule has 4 nitrogen and oxygen atoms in total. The minimum Gasteiger partial charge on any atom is -0.325 e. The molecule has 3 aromatic rings. The molecule has 30 heavy (non-hydrogen) atoms. The summed E-state index contributed by atoms with van der Waals surface area (Å²) in [6, 6.07) is 8.97. The van der Waals surface area contributed by atoms with Crippen LogP contribution in [0.5, 0.6) is 0 Å². The summed E-state index contributed by atoms with van der Waals surface area (Å²) in [5.41, 5.74) is 3.59. The minimum atomic E-state index is -0.769. The van der Waals surface area contributed by atoms with Crippen LogP contribution in [0.4, 0.5) is 5.69 Å². The number of nitrogens with zero attached hydrogens (tertiary/aromatic N) is 2. The SMILES string of the molecule is Cc1ccc(Cl)cc1NC(=O)C12CCC(c3nc4cc(Cl)c(Cl)cc4nc31)C2(C)C. The maximum Gasteiger partial charge on any atom is 0.237 e. The molecule has 1 fully saturated rings. The van der Waals surface area contributed by atoms with Crippen LogP contribution in [0.3, 0.4) is 0 Å². The number of fused-ring (bicyclic) bond motifs is 6. The Hall–Kier alpha value is -1.88. The fourth-order valence-corrected chi connectivity index (χ4v) is 5.83. The predicted octanol–water partition coefficient (Wildman–Crippen LogP) is 6.69. The number of aryl methyl sites for hydroxylation is 1. The molecule has 7 heteroatoms. The highest BCUT2D eigenvalue weighted by Crippen LogP contribution is 2.67. The van der Waals surface area contributed by atoms with Gasteiger partial charge in [0, 0.05) is 16.6 Å². The summed E-state index contributed by atoms with van der Waals surface area (Å²) >= 11 is 18.6. The van der Waals surface area contributed by atoms with Gasteiger partial charge in [0.25, 0.3) is 0 Å². The maximum absolute atomic E-state index is 13.8. The van der Waals surface area contributed by atoms with Crippen molar-refractivity contribution in [2.45, 2.75) is 44.9 Å². The summed E-state index contributed by atoms with van der Waals surface area (Å²) in [5.74, 6) is 0.0953. The largest absolute Gasteiger partial charge is 0.325 e. The van der Waals surface area contributed by atoms with Crippen molar-refractivity contribution in [3.8, 4) is 0 Å². The Morgan fingerprint density at radius 2 is 1.73 bits per heavy atom. The number of hydrogen-bond donors (Lipinski definition) is 1. The van der Waals surface area contributed by atoms with E-state index in [1.54, 1.807) is 18.2 Å². The summed E-state index contributed by atoms with van der Waals surface area (Å²) < 4.78 is 0. The molecular weight excluding hydrogens is 441 g/mol. The van der Waals surface area contributed by atoms with Crippen molar-refractivity contribution in [1.29, 1.82) is 0 Å². The highest BCUT2D eigenvalue weighted by Gasteiger charge is 2.67. The minimum absolute atomic E-state index is 0.0622. The van der Waals surface area contributed by atoms with Crippen LogP contribution in [0.1, 0.15) is 49.6 Å². The van der Waals surface area contributed by atoms with Crippen LogP contribution in [-0.4, -0.2) is 15.9 Å². The first kappa shape index (κ1) is 20.0. The molecule has 154 valence electrons. The number of rotatable bonds is 2. The van der Waals surface area contributed by atoms with Gasteiger partial charge in [0.2, 0.25) is 5.91 Å². The van der Waals surface area contributed by atoms with E-state index < -0.39 is 5.41 Å². The van der Waals surface area contributed by atoms with Crippen molar-refractivity contribution in [2.75, 3.05) is 5.32 Å². The van der Waals surface area contributed by atoms with E-state index in [1.807, 2.05) is 19.1 Å². The second-order valence-corrected chi connectivity index (χ2v) is 10.1. The normalized spacial score (nSPS) is 23.6. The average Bonchev–Trinajstić information content (AvgIpc) is 3.06.